The molecule has 7 heteroatoms. The number of hydrogen-bond acceptors (Lipinski definition) is 5. The zero-order valence-corrected chi connectivity index (χ0v) is 11.1. The Morgan fingerprint density at radius 3 is 2.06 bits per heavy atom. The maximum absolute atomic E-state index is 12.1. The fraction of sp³-hybridized carbons (Fsp3) is 0.889. The first-order valence-corrected chi connectivity index (χ1v) is 6.93. The molecule has 0 aliphatic rings. The molecule has 0 spiro atoms. The van der Waals surface area contributed by atoms with Crippen LogP contribution in [0, 0.1) is 0 Å². The summed E-state index contributed by atoms with van der Waals surface area (Å²) in [5, 5.41) is 2.42. The van der Waals surface area contributed by atoms with Crippen molar-refractivity contribution < 1.29 is 23.1 Å². The first-order valence-electron chi connectivity index (χ1n) is 5.32. The van der Waals surface area contributed by atoms with Crippen molar-refractivity contribution in [3.05, 3.63) is 0 Å². The number of ether oxygens (including phenoxy) is 1. The number of amides is 1. The lowest BCUT2D eigenvalue weighted by Gasteiger charge is -2.23. The molecule has 16 heavy (non-hydrogen) atoms. The van der Waals surface area contributed by atoms with E-state index in [0.29, 0.717) is 0 Å². The fourth-order valence-corrected chi connectivity index (χ4v) is 2.55. The van der Waals surface area contributed by atoms with Gasteiger partial charge in [-0.1, -0.05) is 0 Å². The van der Waals surface area contributed by atoms with Crippen LogP contribution in [-0.2, 0) is 18.3 Å². The molecule has 1 unspecified atom stereocenters. The van der Waals surface area contributed by atoms with E-state index in [4.69, 9.17) is 9.05 Å². The molecule has 0 heterocycles. The van der Waals surface area contributed by atoms with E-state index in [1.807, 2.05) is 0 Å². The third kappa shape index (κ3) is 4.96. The van der Waals surface area contributed by atoms with Gasteiger partial charge in [0.25, 0.3) is 0 Å². The number of carbonyl (C=O) groups is 1. The average molecular weight is 253 g/mol. The van der Waals surface area contributed by atoms with Gasteiger partial charge in [-0.3, -0.25) is 4.57 Å². The Kier molecular flexibility index (Phi) is 7.38. The molecule has 1 atom stereocenters. The number of nitrogens with one attached hydrogen (secondary N) is 1. The zero-order valence-electron chi connectivity index (χ0n) is 10.2. The molecule has 0 aliphatic heterocycles. The van der Waals surface area contributed by atoms with Crippen LogP contribution in [0.2, 0.25) is 0 Å². The van der Waals surface area contributed by atoms with E-state index in [2.05, 4.69) is 10.1 Å². The maximum atomic E-state index is 12.1. The summed E-state index contributed by atoms with van der Waals surface area (Å²) in [7, 11) is -3.30. The molecule has 0 saturated carbocycles. The number of alkyl carbamates (subject to hydrolysis) is 1. The SMILES string of the molecule is CCOC(=O)NC(C)P(=O)(OCC)OCC. The first kappa shape index (κ1) is 15.4. The Balaban J connectivity index is 4.43. The second-order valence-electron chi connectivity index (χ2n) is 2.92. The molecule has 1 amide bonds. The Hall–Kier alpha value is -0.580. The van der Waals surface area contributed by atoms with Gasteiger partial charge in [-0.2, -0.15) is 0 Å². The van der Waals surface area contributed by atoms with Crippen molar-refractivity contribution in [2.45, 2.75) is 33.5 Å². The molecule has 0 radical (unpaired) electrons. The summed E-state index contributed by atoms with van der Waals surface area (Å²) in [5.41, 5.74) is 0. The maximum Gasteiger partial charge on any atom is 0.407 e. The van der Waals surface area contributed by atoms with Gasteiger partial charge in [0, 0.05) is 0 Å². The van der Waals surface area contributed by atoms with Gasteiger partial charge in [-0.05, 0) is 27.7 Å². The molecule has 0 fully saturated rings. The Bertz CT molecular complexity index is 248. The molecule has 0 saturated heterocycles. The zero-order chi connectivity index (χ0) is 12.6. The van der Waals surface area contributed by atoms with Gasteiger partial charge in [0.1, 0.15) is 5.78 Å². The number of rotatable bonds is 7. The van der Waals surface area contributed by atoms with Crippen LogP contribution in [0.3, 0.4) is 0 Å². The Morgan fingerprint density at radius 1 is 1.19 bits per heavy atom. The van der Waals surface area contributed by atoms with E-state index in [9.17, 15) is 9.36 Å². The van der Waals surface area contributed by atoms with Crippen molar-refractivity contribution in [3.63, 3.8) is 0 Å². The van der Waals surface area contributed by atoms with Crippen LogP contribution in [0.4, 0.5) is 4.79 Å². The van der Waals surface area contributed by atoms with Crippen molar-refractivity contribution in [1.29, 1.82) is 0 Å². The average Bonchev–Trinajstić information content (AvgIpc) is 2.18. The highest BCUT2D eigenvalue weighted by atomic mass is 31.2. The summed E-state index contributed by atoms with van der Waals surface area (Å²) in [5.74, 6) is -0.730. The highest BCUT2D eigenvalue weighted by Crippen LogP contribution is 2.51. The van der Waals surface area contributed by atoms with Crippen molar-refractivity contribution in [1.82, 2.24) is 5.32 Å². The molecule has 0 aliphatic carbocycles. The topological polar surface area (TPSA) is 73.9 Å². The quantitative estimate of drug-likeness (QED) is 0.705. The largest absolute Gasteiger partial charge is 0.450 e. The van der Waals surface area contributed by atoms with Crippen molar-refractivity contribution in [2.75, 3.05) is 19.8 Å². The Morgan fingerprint density at radius 2 is 1.69 bits per heavy atom. The lowest BCUT2D eigenvalue weighted by atomic mass is 10.7. The summed E-state index contributed by atoms with van der Waals surface area (Å²) in [6.45, 7) is 7.44. The van der Waals surface area contributed by atoms with E-state index in [-0.39, 0.29) is 19.8 Å². The van der Waals surface area contributed by atoms with Crippen LogP contribution in [0.25, 0.3) is 0 Å². The van der Waals surface area contributed by atoms with Gasteiger partial charge in [-0.15, -0.1) is 0 Å². The normalized spacial score (nSPS) is 13.2. The minimum Gasteiger partial charge on any atom is -0.450 e. The number of hydrogen-bond donors (Lipinski definition) is 1. The first-order chi connectivity index (χ1) is 7.50. The molecule has 6 nitrogen and oxygen atoms in total. The van der Waals surface area contributed by atoms with Crippen LogP contribution < -0.4 is 5.32 Å². The molecule has 0 bridgehead atoms. The minimum absolute atomic E-state index is 0.256. The third-order valence-corrected chi connectivity index (χ3v) is 4.01. The summed E-state index contributed by atoms with van der Waals surface area (Å²) in [6.07, 6.45) is -0.630. The van der Waals surface area contributed by atoms with E-state index < -0.39 is 19.5 Å². The van der Waals surface area contributed by atoms with Gasteiger partial charge in [0.2, 0.25) is 0 Å². The lowest BCUT2D eigenvalue weighted by molar-refractivity contribution is 0.147. The van der Waals surface area contributed by atoms with Crippen molar-refractivity contribution in [3.8, 4) is 0 Å². The van der Waals surface area contributed by atoms with Crippen LogP contribution in [0.5, 0.6) is 0 Å². The molecular formula is C9H20NO5P. The smallest absolute Gasteiger partial charge is 0.407 e. The minimum atomic E-state index is -3.30. The molecule has 1 N–H and O–H groups in total. The lowest BCUT2D eigenvalue weighted by Crippen LogP contribution is -2.34. The van der Waals surface area contributed by atoms with Gasteiger partial charge in [0.15, 0.2) is 0 Å². The van der Waals surface area contributed by atoms with Crippen molar-refractivity contribution >= 4 is 13.7 Å². The van der Waals surface area contributed by atoms with Gasteiger partial charge in [-0.25, -0.2) is 4.79 Å². The van der Waals surface area contributed by atoms with Crippen LogP contribution in [0.1, 0.15) is 27.7 Å². The second-order valence-corrected chi connectivity index (χ2v) is 5.29. The fourth-order valence-electron chi connectivity index (χ4n) is 1.04. The molecule has 96 valence electrons. The van der Waals surface area contributed by atoms with E-state index >= 15 is 0 Å². The summed E-state index contributed by atoms with van der Waals surface area (Å²) in [4.78, 5) is 11.1. The predicted molar refractivity (Wildman–Crippen MR) is 60.5 cm³/mol. The molecular weight excluding hydrogens is 233 g/mol. The summed E-state index contributed by atoms with van der Waals surface area (Å²) < 4.78 is 27.0. The van der Waals surface area contributed by atoms with E-state index in [1.54, 1.807) is 27.7 Å². The standard InChI is InChI=1S/C9H20NO5P/c1-5-13-9(11)10-8(4)16(12,14-6-2)15-7-3/h8H,5-7H2,1-4H3,(H,10,11). The second kappa shape index (κ2) is 7.65. The van der Waals surface area contributed by atoms with Gasteiger partial charge < -0.3 is 19.1 Å². The highest BCUT2D eigenvalue weighted by molar-refractivity contribution is 7.54. The predicted octanol–water partition coefficient (Wildman–Crippen LogP) is 2.34. The van der Waals surface area contributed by atoms with E-state index in [1.165, 1.54) is 0 Å². The molecule has 0 aromatic carbocycles. The Labute approximate surface area is 96.2 Å². The van der Waals surface area contributed by atoms with Crippen LogP contribution >= 0.6 is 7.60 Å². The molecule has 0 aromatic rings. The third-order valence-electron chi connectivity index (χ3n) is 1.69. The summed E-state index contributed by atoms with van der Waals surface area (Å²) in [6, 6.07) is 0. The molecule has 0 rings (SSSR count). The number of carbonyl (C=O) groups excluding carboxylic acids is 1. The molecule has 0 aromatic heterocycles. The van der Waals surface area contributed by atoms with Crippen LogP contribution in [0.15, 0.2) is 0 Å². The van der Waals surface area contributed by atoms with Gasteiger partial charge in [0.05, 0.1) is 19.8 Å². The summed E-state index contributed by atoms with van der Waals surface area (Å²) >= 11 is 0. The monoisotopic (exact) mass is 253 g/mol. The highest BCUT2D eigenvalue weighted by Gasteiger charge is 2.33. The van der Waals surface area contributed by atoms with Gasteiger partial charge >= 0.3 is 13.7 Å². The van der Waals surface area contributed by atoms with E-state index in [0.717, 1.165) is 0 Å². The van der Waals surface area contributed by atoms with Crippen molar-refractivity contribution in [2.24, 2.45) is 0 Å². The van der Waals surface area contributed by atoms with Crippen LogP contribution in [-0.4, -0.2) is 31.7 Å².